The van der Waals surface area contributed by atoms with E-state index in [0.717, 1.165) is 47.6 Å². The summed E-state index contributed by atoms with van der Waals surface area (Å²) in [4.78, 5) is 4.45. The topological polar surface area (TPSA) is 56.7 Å². The number of rotatable bonds is 3. The first kappa shape index (κ1) is 22.4. The Kier molecular flexibility index (Phi) is 5.04. The Balaban J connectivity index is 1.20. The molecule has 2 aliphatic carbocycles. The molecule has 2 N–H and O–H groups in total. The van der Waals surface area contributed by atoms with Crippen molar-refractivity contribution >= 4 is 34.0 Å². The molecule has 0 amide bonds. The van der Waals surface area contributed by atoms with Gasteiger partial charge in [0.1, 0.15) is 0 Å². The summed E-state index contributed by atoms with van der Waals surface area (Å²) in [5, 5.41) is 12.4. The Bertz CT molecular complexity index is 2160. The minimum absolute atomic E-state index is 0.177. The van der Waals surface area contributed by atoms with Crippen LogP contribution in [-0.2, 0) is 19.4 Å². The molecule has 4 nitrogen and oxygen atoms in total. The fourth-order valence-electron chi connectivity index (χ4n) is 6.41. The van der Waals surface area contributed by atoms with E-state index < -0.39 is 0 Å². The van der Waals surface area contributed by atoms with Crippen molar-refractivity contribution in [1.29, 1.82) is 0 Å². The molecular weight excluding hydrogens is 476 g/mol. The van der Waals surface area contributed by atoms with Gasteiger partial charge in [-0.3, -0.25) is 9.67 Å². The third-order valence-corrected chi connectivity index (χ3v) is 8.43. The van der Waals surface area contributed by atoms with E-state index in [0.29, 0.717) is 0 Å². The van der Waals surface area contributed by atoms with Gasteiger partial charge in [-0.1, -0.05) is 60.7 Å². The van der Waals surface area contributed by atoms with E-state index >= 15 is 0 Å². The van der Waals surface area contributed by atoms with Crippen LogP contribution in [0.2, 0.25) is 0 Å². The van der Waals surface area contributed by atoms with Crippen molar-refractivity contribution in [2.45, 2.75) is 31.8 Å². The van der Waals surface area contributed by atoms with Crippen molar-refractivity contribution in [1.82, 2.24) is 14.8 Å². The van der Waals surface area contributed by atoms with Crippen LogP contribution in [0.5, 0.6) is 0 Å². The summed E-state index contributed by atoms with van der Waals surface area (Å²) in [6.07, 6.45) is 11.5. The predicted octanol–water partition coefficient (Wildman–Crippen LogP) is 4.98. The summed E-state index contributed by atoms with van der Waals surface area (Å²) >= 11 is 0. The number of nitrogens with zero attached hydrogens (tertiary/aromatic N) is 3. The second-order valence-corrected chi connectivity index (χ2v) is 10.8. The molecule has 2 aromatic heterocycles. The zero-order valence-corrected chi connectivity index (χ0v) is 21.6. The maximum atomic E-state index is 6.20. The molecule has 8 rings (SSSR count). The summed E-state index contributed by atoms with van der Waals surface area (Å²) in [6.45, 7) is 0.721. The molecule has 0 saturated heterocycles. The molecule has 188 valence electrons. The van der Waals surface area contributed by atoms with Gasteiger partial charge in [0.15, 0.2) is 0 Å². The van der Waals surface area contributed by atoms with Gasteiger partial charge >= 0.3 is 0 Å². The SMILES string of the molecule is NC1C=c2ccc3c(c2CC1)CC=c1cc(-c2ccc4cnn(Cc5ccc6ncccc6c5)c4c2)ccc1=3. The quantitative estimate of drug-likeness (QED) is 0.370. The lowest BCUT2D eigenvalue weighted by Gasteiger charge is -2.19. The van der Waals surface area contributed by atoms with Crippen LogP contribution in [0.4, 0.5) is 0 Å². The lowest BCUT2D eigenvalue weighted by Crippen LogP contribution is -2.29. The molecule has 0 spiro atoms. The van der Waals surface area contributed by atoms with Crippen LogP contribution in [0.15, 0.2) is 91.3 Å². The molecule has 0 aliphatic heterocycles. The third-order valence-electron chi connectivity index (χ3n) is 8.43. The number of aromatic nitrogens is 3. The van der Waals surface area contributed by atoms with Crippen LogP contribution < -0.4 is 16.2 Å². The van der Waals surface area contributed by atoms with E-state index in [1.807, 2.05) is 18.5 Å². The molecule has 2 heterocycles. The highest BCUT2D eigenvalue weighted by Crippen LogP contribution is 2.26. The number of hydrogen-bond acceptors (Lipinski definition) is 3. The van der Waals surface area contributed by atoms with Crippen molar-refractivity contribution < 1.29 is 0 Å². The van der Waals surface area contributed by atoms with Crippen LogP contribution >= 0.6 is 0 Å². The molecule has 0 radical (unpaired) electrons. The zero-order chi connectivity index (χ0) is 25.9. The molecule has 6 aromatic rings. The van der Waals surface area contributed by atoms with Gasteiger partial charge in [-0.05, 0) is 98.3 Å². The Hall–Kier alpha value is -4.54. The molecule has 39 heavy (non-hydrogen) atoms. The summed E-state index contributed by atoms with van der Waals surface area (Å²) < 4.78 is 2.10. The minimum Gasteiger partial charge on any atom is -0.324 e. The first-order chi connectivity index (χ1) is 19.2. The zero-order valence-electron chi connectivity index (χ0n) is 21.6. The predicted molar refractivity (Wildman–Crippen MR) is 158 cm³/mol. The van der Waals surface area contributed by atoms with Crippen LogP contribution in [-0.4, -0.2) is 20.8 Å². The van der Waals surface area contributed by atoms with Gasteiger partial charge in [0.25, 0.3) is 0 Å². The average molecular weight is 505 g/mol. The van der Waals surface area contributed by atoms with Gasteiger partial charge < -0.3 is 5.73 Å². The van der Waals surface area contributed by atoms with E-state index in [-0.39, 0.29) is 6.04 Å². The Morgan fingerprint density at radius 2 is 1.72 bits per heavy atom. The highest BCUT2D eigenvalue weighted by molar-refractivity contribution is 5.85. The molecule has 4 aromatic carbocycles. The normalized spacial score (nSPS) is 15.8. The number of pyridine rings is 1. The second-order valence-electron chi connectivity index (χ2n) is 10.8. The van der Waals surface area contributed by atoms with Crippen molar-refractivity contribution in [3.05, 3.63) is 129 Å². The van der Waals surface area contributed by atoms with Gasteiger partial charge in [-0.2, -0.15) is 5.10 Å². The van der Waals surface area contributed by atoms with Gasteiger partial charge in [-0.15, -0.1) is 0 Å². The summed E-state index contributed by atoms with van der Waals surface area (Å²) in [6, 6.07) is 28.9. The maximum Gasteiger partial charge on any atom is 0.0702 e. The third kappa shape index (κ3) is 3.79. The highest BCUT2D eigenvalue weighted by atomic mass is 15.3. The van der Waals surface area contributed by atoms with Crippen molar-refractivity contribution in [2.24, 2.45) is 5.73 Å². The summed E-state index contributed by atoms with van der Waals surface area (Å²) in [5.41, 5.74) is 15.0. The van der Waals surface area contributed by atoms with Gasteiger partial charge in [-0.25, -0.2) is 0 Å². The second kappa shape index (κ2) is 8.75. The minimum atomic E-state index is 0.177. The van der Waals surface area contributed by atoms with Gasteiger partial charge in [0.05, 0.1) is 23.8 Å². The van der Waals surface area contributed by atoms with Crippen LogP contribution in [0, 0.1) is 10.4 Å². The lowest BCUT2D eigenvalue weighted by molar-refractivity contribution is 0.713. The fourth-order valence-corrected chi connectivity index (χ4v) is 6.41. The standard InChI is InChI=1S/C35H28N4/c36-29-9-13-31-26(18-29)8-12-32-30-10-6-23(17-25(30)7-11-33(31)32)24-4-5-28-20-38-39(35(28)19-24)21-22-3-14-34-27(16-22)2-1-15-37-34/h1-8,10,12,14-20,29H,9,11,13,21,36H2. The van der Waals surface area contributed by atoms with Crippen LogP contribution in [0.25, 0.3) is 45.1 Å². The Labute approximate surface area is 226 Å². The maximum absolute atomic E-state index is 6.20. The molecule has 1 atom stereocenters. The lowest BCUT2D eigenvalue weighted by atomic mass is 9.87. The number of hydrogen-bond donors (Lipinski definition) is 1. The van der Waals surface area contributed by atoms with Crippen molar-refractivity contribution in [3.63, 3.8) is 0 Å². The van der Waals surface area contributed by atoms with Gasteiger partial charge in [0.2, 0.25) is 0 Å². The monoisotopic (exact) mass is 504 g/mol. The van der Waals surface area contributed by atoms with Crippen LogP contribution in [0.3, 0.4) is 0 Å². The van der Waals surface area contributed by atoms with E-state index in [1.165, 1.54) is 48.7 Å². The largest absolute Gasteiger partial charge is 0.324 e. The smallest absolute Gasteiger partial charge is 0.0702 e. The van der Waals surface area contributed by atoms with E-state index in [4.69, 9.17) is 10.8 Å². The van der Waals surface area contributed by atoms with E-state index in [1.54, 1.807) is 0 Å². The molecular formula is C35H28N4. The molecule has 0 bridgehead atoms. The number of nitrogens with two attached hydrogens (primary N) is 1. The number of fused-ring (bicyclic) bond motifs is 6. The summed E-state index contributed by atoms with van der Waals surface area (Å²) in [7, 11) is 0. The first-order valence-corrected chi connectivity index (χ1v) is 13.7. The molecule has 0 saturated carbocycles. The van der Waals surface area contributed by atoms with E-state index in [2.05, 4.69) is 94.6 Å². The Morgan fingerprint density at radius 1 is 0.821 bits per heavy atom. The highest BCUT2D eigenvalue weighted by Gasteiger charge is 2.15. The molecule has 2 aliphatic rings. The van der Waals surface area contributed by atoms with Gasteiger partial charge in [0, 0.05) is 23.0 Å². The fraction of sp³-hybridized carbons (Fsp3) is 0.143. The Morgan fingerprint density at radius 3 is 2.69 bits per heavy atom. The number of benzene rings is 4. The first-order valence-electron chi connectivity index (χ1n) is 13.7. The summed E-state index contributed by atoms with van der Waals surface area (Å²) in [5.74, 6) is 0. The average Bonchev–Trinajstić information content (AvgIpc) is 3.38. The van der Waals surface area contributed by atoms with E-state index in [9.17, 15) is 0 Å². The molecule has 0 fully saturated rings. The molecule has 4 heteroatoms. The van der Waals surface area contributed by atoms with Crippen molar-refractivity contribution in [2.75, 3.05) is 0 Å². The van der Waals surface area contributed by atoms with Crippen LogP contribution in [0.1, 0.15) is 23.1 Å². The molecule has 1 unspecified atom stereocenters. The van der Waals surface area contributed by atoms with Crippen molar-refractivity contribution in [3.8, 4) is 11.1 Å².